The van der Waals surface area contributed by atoms with E-state index in [0.717, 1.165) is 0 Å². The first kappa shape index (κ1) is 25.6. The van der Waals surface area contributed by atoms with Crippen LogP contribution in [0.2, 0.25) is 0 Å². The molecule has 0 aliphatic carbocycles. The van der Waals surface area contributed by atoms with Crippen molar-refractivity contribution in [3.8, 4) is 0 Å². The molecule has 0 heterocycles. The maximum Gasteiger partial charge on any atom is 2.00 e. The van der Waals surface area contributed by atoms with Gasteiger partial charge < -0.3 is 36.1 Å². The molecule has 4 N–H and O–H groups in total. The van der Waals surface area contributed by atoms with E-state index in [9.17, 15) is 19.8 Å². The SMILES string of the molecule is C=O.NCCCC(=O)[O-].NCCCC(=O)[O-].[Ca+2]. The van der Waals surface area contributed by atoms with Gasteiger partial charge >= 0.3 is 37.7 Å². The molecule has 96 valence electrons. The van der Waals surface area contributed by atoms with Crippen LogP contribution in [0.1, 0.15) is 25.7 Å². The Bertz CT molecular complexity index is 163. The van der Waals surface area contributed by atoms with Crippen LogP contribution in [-0.2, 0) is 14.4 Å². The Balaban J connectivity index is -0.0000000823. The van der Waals surface area contributed by atoms with Gasteiger partial charge in [-0.1, -0.05) is 0 Å². The predicted molar refractivity (Wildman–Crippen MR) is 59.5 cm³/mol. The van der Waals surface area contributed by atoms with Crippen LogP contribution in [0.15, 0.2) is 0 Å². The molecule has 0 radical (unpaired) electrons. The number of carboxylic acid groups (broad SMARTS) is 2. The summed E-state index contributed by atoms with van der Waals surface area (Å²) in [6.07, 6.45) is 1.19. The first-order valence-electron chi connectivity index (χ1n) is 4.63. The molecule has 0 aliphatic heterocycles. The molecule has 0 saturated heterocycles. The summed E-state index contributed by atoms with van der Waals surface area (Å²) in [5.74, 6) is -2.05. The normalized spacial score (nSPS) is 7.41. The van der Waals surface area contributed by atoms with Gasteiger partial charge in [-0.2, -0.15) is 0 Å². The molecule has 0 rings (SSSR count). The van der Waals surface area contributed by atoms with E-state index in [1.165, 1.54) is 0 Å². The molecule has 0 fully saturated rings. The third-order valence-corrected chi connectivity index (χ3v) is 1.17. The molecule has 0 unspecified atom stereocenters. The molecule has 0 saturated carbocycles. The number of rotatable bonds is 6. The first-order chi connectivity index (χ1) is 7.54. The van der Waals surface area contributed by atoms with Crippen molar-refractivity contribution in [3.63, 3.8) is 0 Å². The second-order valence-electron chi connectivity index (χ2n) is 2.53. The smallest absolute Gasteiger partial charge is 0.550 e. The van der Waals surface area contributed by atoms with Crippen molar-refractivity contribution < 1.29 is 24.6 Å². The van der Waals surface area contributed by atoms with E-state index in [2.05, 4.69) is 0 Å². The van der Waals surface area contributed by atoms with Gasteiger partial charge in [0.15, 0.2) is 0 Å². The molecule has 0 aliphatic rings. The van der Waals surface area contributed by atoms with E-state index >= 15 is 0 Å². The number of nitrogens with two attached hydrogens (primary N) is 2. The van der Waals surface area contributed by atoms with Crippen LogP contribution in [0, 0.1) is 0 Å². The standard InChI is InChI=1S/2C4H9NO2.CH2O.Ca/c2*5-3-1-2-4(6)7;1-2;/h2*1-3,5H2,(H,6,7);1H2;/q;;;+2/p-2. The van der Waals surface area contributed by atoms with Crippen LogP contribution in [0.5, 0.6) is 0 Å². The van der Waals surface area contributed by atoms with E-state index in [4.69, 9.17) is 16.3 Å². The molecule has 17 heavy (non-hydrogen) atoms. The molecule has 0 aromatic rings. The Morgan fingerprint density at radius 1 is 0.882 bits per heavy atom. The second kappa shape index (κ2) is 24.8. The zero-order valence-corrected chi connectivity index (χ0v) is 12.1. The summed E-state index contributed by atoms with van der Waals surface area (Å²) in [5.41, 5.74) is 9.97. The van der Waals surface area contributed by atoms with Gasteiger partial charge in [0.25, 0.3) is 0 Å². The summed E-state index contributed by atoms with van der Waals surface area (Å²) in [6, 6.07) is 0. The van der Waals surface area contributed by atoms with Crippen LogP contribution < -0.4 is 21.7 Å². The molecule has 0 aromatic heterocycles. The number of carbonyl (C=O) groups is 3. The summed E-state index contributed by atoms with van der Waals surface area (Å²) >= 11 is 0. The topological polar surface area (TPSA) is 149 Å². The fourth-order valence-corrected chi connectivity index (χ4v) is 0.493. The van der Waals surface area contributed by atoms with Gasteiger partial charge in [-0.15, -0.1) is 0 Å². The predicted octanol–water partition coefficient (Wildman–Crippen LogP) is -3.62. The molecule has 7 nitrogen and oxygen atoms in total. The van der Waals surface area contributed by atoms with Crippen molar-refractivity contribution in [2.24, 2.45) is 11.5 Å². The minimum absolute atomic E-state index is 0. The molecule has 0 bridgehead atoms. The van der Waals surface area contributed by atoms with Crippen molar-refractivity contribution in [3.05, 3.63) is 0 Å². The monoisotopic (exact) mass is 274 g/mol. The molecular weight excluding hydrogens is 256 g/mol. The molecular formula is C9H18CaN2O5. The van der Waals surface area contributed by atoms with Gasteiger partial charge in [0, 0.05) is 11.9 Å². The van der Waals surface area contributed by atoms with E-state index in [-0.39, 0.29) is 50.6 Å². The van der Waals surface area contributed by atoms with Crippen LogP contribution in [-0.4, -0.2) is 69.6 Å². The summed E-state index contributed by atoms with van der Waals surface area (Å²) in [4.78, 5) is 27.2. The molecule has 8 heteroatoms. The van der Waals surface area contributed by atoms with Crippen LogP contribution >= 0.6 is 0 Å². The van der Waals surface area contributed by atoms with E-state index in [1.54, 1.807) is 0 Å². The Hall–Kier alpha value is -0.210. The minimum Gasteiger partial charge on any atom is -0.550 e. The quantitative estimate of drug-likeness (QED) is 0.475. The number of carbonyl (C=O) groups excluding carboxylic acids is 3. The van der Waals surface area contributed by atoms with Gasteiger partial charge in [-0.3, -0.25) is 0 Å². The van der Waals surface area contributed by atoms with E-state index < -0.39 is 11.9 Å². The van der Waals surface area contributed by atoms with E-state index in [0.29, 0.717) is 25.9 Å². The van der Waals surface area contributed by atoms with Crippen molar-refractivity contribution in [2.45, 2.75) is 25.7 Å². The summed E-state index contributed by atoms with van der Waals surface area (Å²) in [6.45, 7) is 2.85. The number of carboxylic acids is 2. The second-order valence-corrected chi connectivity index (χ2v) is 2.53. The van der Waals surface area contributed by atoms with Gasteiger partial charge in [0.1, 0.15) is 6.79 Å². The zero-order chi connectivity index (χ0) is 13.4. The molecule has 0 amide bonds. The van der Waals surface area contributed by atoms with Gasteiger partial charge in [-0.25, -0.2) is 0 Å². The van der Waals surface area contributed by atoms with Crippen molar-refractivity contribution in [1.29, 1.82) is 0 Å². The third-order valence-electron chi connectivity index (χ3n) is 1.17. The van der Waals surface area contributed by atoms with Crippen molar-refractivity contribution in [2.75, 3.05) is 13.1 Å². The molecule has 0 aromatic carbocycles. The average Bonchev–Trinajstić information content (AvgIpc) is 2.27. The maximum absolute atomic E-state index is 9.59. The average molecular weight is 274 g/mol. The summed E-state index contributed by atoms with van der Waals surface area (Å²) < 4.78 is 0. The fraction of sp³-hybridized carbons (Fsp3) is 0.667. The van der Waals surface area contributed by atoms with Gasteiger partial charge in [-0.05, 0) is 38.8 Å². The third kappa shape index (κ3) is 49.5. The first-order valence-corrected chi connectivity index (χ1v) is 4.63. The zero-order valence-electron chi connectivity index (χ0n) is 9.85. The maximum atomic E-state index is 9.59. The number of hydrogen-bond acceptors (Lipinski definition) is 7. The Morgan fingerprint density at radius 2 is 1.12 bits per heavy atom. The summed E-state index contributed by atoms with van der Waals surface area (Å²) in [7, 11) is 0. The summed E-state index contributed by atoms with van der Waals surface area (Å²) in [5, 5.41) is 19.2. The largest absolute Gasteiger partial charge is 2.00 e. The van der Waals surface area contributed by atoms with Crippen molar-refractivity contribution >= 4 is 56.5 Å². The van der Waals surface area contributed by atoms with Gasteiger partial charge in [0.05, 0.1) is 0 Å². The van der Waals surface area contributed by atoms with Crippen molar-refractivity contribution in [1.82, 2.24) is 0 Å². The molecule has 0 atom stereocenters. The van der Waals surface area contributed by atoms with Crippen LogP contribution in [0.4, 0.5) is 0 Å². The Morgan fingerprint density at radius 3 is 1.18 bits per heavy atom. The minimum atomic E-state index is -1.02. The van der Waals surface area contributed by atoms with Crippen LogP contribution in [0.3, 0.4) is 0 Å². The van der Waals surface area contributed by atoms with Crippen LogP contribution in [0.25, 0.3) is 0 Å². The Kier molecular flexibility index (Phi) is 37.4. The molecule has 0 spiro atoms. The number of aliphatic carboxylic acids is 2. The number of hydrogen-bond donors (Lipinski definition) is 2. The fourth-order valence-electron chi connectivity index (χ4n) is 0.493. The van der Waals surface area contributed by atoms with Gasteiger partial charge in [0.2, 0.25) is 0 Å². The Labute approximate surface area is 131 Å². The van der Waals surface area contributed by atoms with E-state index in [1.807, 2.05) is 6.79 Å².